The number of aryl methyl sites for hydroxylation is 1. The first-order valence-corrected chi connectivity index (χ1v) is 10.6. The minimum Gasteiger partial charge on any atom is -0.362 e. The van der Waals surface area contributed by atoms with Crippen LogP contribution in [-0.2, 0) is 19.5 Å². The zero-order valence-corrected chi connectivity index (χ0v) is 18.7. The molecular weight excluding hydrogens is 386 g/mol. The van der Waals surface area contributed by atoms with Gasteiger partial charge in [-0.05, 0) is 24.1 Å². The van der Waals surface area contributed by atoms with Gasteiger partial charge >= 0.3 is 0 Å². The van der Waals surface area contributed by atoms with Crippen LogP contribution in [0.5, 0.6) is 0 Å². The quantitative estimate of drug-likeness (QED) is 0.636. The van der Waals surface area contributed by atoms with Gasteiger partial charge in [0.1, 0.15) is 5.82 Å². The maximum atomic E-state index is 13.2. The number of rotatable bonds is 5. The summed E-state index contributed by atoms with van der Waals surface area (Å²) in [6.45, 7) is 3.91. The molecule has 0 saturated carbocycles. The van der Waals surface area contributed by atoms with Crippen LogP contribution in [0, 0.1) is 6.92 Å². The number of fused-ring (bicyclic) bond motifs is 1. The minimum atomic E-state index is 0.0683. The minimum absolute atomic E-state index is 0.0683. The number of hydrogen-bond donors (Lipinski definition) is 0. The van der Waals surface area contributed by atoms with Crippen LogP contribution in [0.1, 0.15) is 32.7 Å². The van der Waals surface area contributed by atoms with Gasteiger partial charge in [0.2, 0.25) is 5.95 Å². The van der Waals surface area contributed by atoms with Crippen molar-refractivity contribution in [1.82, 2.24) is 14.9 Å². The molecule has 0 fully saturated rings. The van der Waals surface area contributed by atoms with Gasteiger partial charge in [0, 0.05) is 51.8 Å². The average Bonchev–Trinajstić information content (AvgIpc) is 2.78. The van der Waals surface area contributed by atoms with Crippen LogP contribution in [0.15, 0.2) is 54.6 Å². The van der Waals surface area contributed by atoms with Crippen LogP contribution in [0.2, 0.25) is 0 Å². The number of nitrogens with zero attached hydrogens (tertiary/aromatic N) is 5. The summed E-state index contributed by atoms with van der Waals surface area (Å²) in [7, 11) is 6.00. The average molecular weight is 416 g/mol. The molecule has 0 aliphatic carbocycles. The topological polar surface area (TPSA) is 52.6 Å². The highest BCUT2D eigenvalue weighted by Crippen LogP contribution is 2.29. The fourth-order valence-electron chi connectivity index (χ4n) is 4.01. The Morgan fingerprint density at radius 2 is 1.71 bits per heavy atom. The zero-order valence-electron chi connectivity index (χ0n) is 18.7. The lowest BCUT2D eigenvalue weighted by Gasteiger charge is -2.32. The van der Waals surface area contributed by atoms with Gasteiger partial charge in [0.05, 0.1) is 12.2 Å². The van der Waals surface area contributed by atoms with Crippen LogP contribution < -0.4 is 9.80 Å². The molecule has 1 aliphatic rings. The van der Waals surface area contributed by atoms with Crippen molar-refractivity contribution in [2.75, 3.05) is 37.5 Å². The Bertz CT molecular complexity index is 1080. The van der Waals surface area contributed by atoms with Crippen molar-refractivity contribution in [3.63, 3.8) is 0 Å². The molecule has 0 atom stereocenters. The molecule has 1 aliphatic heterocycles. The second kappa shape index (κ2) is 8.76. The Morgan fingerprint density at radius 1 is 1.00 bits per heavy atom. The SMILES string of the molecule is Cc1ccccc1C(=O)N1CCc2nc(N(C)Cc3ccccc3)nc(N(C)C)c2C1. The molecule has 0 saturated heterocycles. The molecule has 160 valence electrons. The van der Waals surface area contributed by atoms with E-state index in [2.05, 4.69) is 17.0 Å². The van der Waals surface area contributed by atoms with Crippen molar-refractivity contribution in [2.24, 2.45) is 0 Å². The fraction of sp³-hybridized carbons (Fsp3) is 0.320. The second-order valence-corrected chi connectivity index (χ2v) is 8.30. The lowest BCUT2D eigenvalue weighted by Crippen LogP contribution is -2.38. The molecule has 0 spiro atoms. The Kier molecular flexibility index (Phi) is 5.89. The summed E-state index contributed by atoms with van der Waals surface area (Å²) >= 11 is 0. The maximum Gasteiger partial charge on any atom is 0.254 e. The van der Waals surface area contributed by atoms with Gasteiger partial charge in [0.25, 0.3) is 5.91 Å². The van der Waals surface area contributed by atoms with Crippen LogP contribution in [0.4, 0.5) is 11.8 Å². The van der Waals surface area contributed by atoms with E-state index in [9.17, 15) is 4.79 Å². The predicted octanol–water partition coefficient (Wildman–Crippen LogP) is 3.69. The maximum absolute atomic E-state index is 13.2. The molecule has 0 N–H and O–H groups in total. The molecule has 0 bridgehead atoms. The Hall–Kier alpha value is -3.41. The summed E-state index contributed by atoms with van der Waals surface area (Å²) < 4.78 is 0. The van der Waals surface area contributed by atoms with Crippen molar-refractivity contribution in [3.05, 3.63) is 82.5 Å². The van der Waals surface area contributed by atoms with Crippen molar-refractivity contribution in [2.45, 2.75) is 26.4 Å². The first-order chi connectivity index (χ1) is 14.9. The first-order valence-electron chi connectivity index (χ1n) is 10.6. The molecule has 4 rings (SSSR count). The summed E-state index contributed by atoms with van der Waals surface area (Å²) in [4.78, 5) is 28.9. The number of hydrogen-bond acceptors (Lipinski definition) is 5. The number of carbonyl (C=O) groups is 1. The van der Waals surface area contributed by atoms with E-state index in [4.69, 9.17) is 9.97 Å². The van der Waals surface area contributed by atoms with Gasteiger partial charge in [-0.2, -0.15) is 4.98 Å². The van der Waals surface area contributed by atoms with E-state index in [1.54, 1.807) is 0 Å². The van der Waals surface area contributed by atoms with Crippen molar-refractivity contribution >= 4 is 17.7 Å². The number of anilines is 2. The number of carbonyl (C=O) groups excluding carboxylic acids is 1. The normalized spacial score (nSPS) is 13.0. The van der Waals surface area contributed by atoms with Gasteiger partial charge in [-0.15, -0.1) is 0 Å². The Balaban J connectivity index is 1.61. The van der Waals surface area contributed by atoms with E-state index in [1.165, 1.54) is 5.56 Å². The molecule has 3 aromatic rings. The smallest absolute Gasteiger partial charge is 0.254 e. The lowest BCUT2D eigenvalue weighted by molar-refractivity contribution is 0.0733. The Labute approximate surface area is 184 Å². The van der Waals surface area contributed by atoms with Gasteiger partial charge in [-0.25, -0.2) is 4.98 Å². The largest absolute Gasteiger partial charge is 0.362 e. The summed E-state index contributed by atoms with van der Waals surface area (Å²) in [5.41, 5.74) is 5.04. The summed E-state index contributed by atoms with van der Waals surface area (Å²) in [6.07, 6.45) is 0.725. The van der Waals surface area contributed by atoms with E-state index in [0.717, 1.165) is 41.2 Å². The third-order valence-electron chi connectivity index (χ3n) is 5.72. The second-order valence-electron chi connectivity index (χ2n) is 8.30. The highest BCUT2D eigenvalue weighted by molar-refractivity contribution is 5.95. The van der Waals surface area contributed by atoms with Crippen LogP contribution in [-0.4, -0.2) is 48.5 Å². The molecule has 2 aromatic carbocycles. The van der Waals surface area contributed by atoms with Crippen molar-refractivity contribution in [1.29, 1.82) is 0 Å². The molecule has 6 heteroatoms. The van der Waals surface area contributed by atoms with E-state index in [1.807, 2.05) is 80.3 Å². The predicted molar refractivity (Wildman–Crippen MR) is 125 cm³/mol. The van der Waals surface area contributed by atoms with Gasteiger partial charge in [-0.3, -0.25) is 4.79 Å². The molecule has 1 aromatic heterocycles. The summed E-state index contributed by atoms with van der Waals surface area (Å²) in [5, 5.41) is 0. The lowest BCUT2D eigenvalue weighted by atomic mass is 10.0. The monoisotopic (exact) mass is 415 g/mol. The van der Waals surface area contributed by atoms with Crippen molar-refractivity contribution in [3.8, 4) is 0 Å². The molecule has 2 heterocycles. The molecule has 0 unspecified atom stereocenters. The number of aromatic nitrogens is 2. The molecule has 0 radical (unpaired) electrons. The van der Waals surface area contributed by atoms with Gasteiger partial charge in [0.15, 0.2) is 0 Å². The standard InChI is InChI=1S/C25H29N5O/c1-18-10-8-9-13-20(18)24(31)30-15-14-22-21(17-30)23(28(2)3)27-25(26-22)29(4)16-19-11-6-5-7-12-19/h5-13H,14-17H2,1-4H3. The molecule has 31 heavy (non-hydrogen) atoms. The van der Waals surface area contributed by atoms with E-state index < -0.39 is 0 Å². The highest BCUT2D eigenvalue weighted by atomic mass is 16.2. The third kappa shape index (κ3) is 4.38. The van der Waals surface area contributed by atoms with Gasteiger partial charge < -0.3 is 14.7 Å². The Morgan fingerprint density at radius 3 is 2.42 bits per heavy atom. The van der Waals surface area contributed by atoms with Crippen LogP contribution in [0.25, 0.3) is 0 Å². The fourth-order valence-corrected chi connectivity index (χ4v) is 4.01. The van der Waals surface area contributed by atoms with Crippen molar-refractivity contribution < 1.29 is 4.79 Å². The molecular formula is C25H29N5O. The van der Waals surface area contributed by atoms with E-state index in [0.29, 0.717) is 19.0 Å². The first kappa shape index (κ1) is 20.8. The summed E-state index contributed by atoms with van der Waals surface area (Å²) in [6, 6.07) is 18.1. The van der Waals surface area contributed by atoms with Crippen LogP contribution >= 0.6 is 0 Å². The number of amides is 1. The van der Waals surface area contributed by atoms with E-state index in [-0.39, 0.29) is 5.91 Å². The number of benzene rings is 2. The highest BCUT2D eigenvalue weighted by Gasteiger charge is 2.28. The zero-order chi connectivity index (χ0) is 22.0. The third-order valence-corrected chi connectivity index (χ3v) is 5.72. The molecule has 6 nitrogen and oxygen atoms in total. The van der Waals surface area contributed by atoms with E-state index >= 15 is 0 Å². The molecule has 1 amide bonds. The summed E-state index contributed by atoms with van der Waals surface area (Å²) in [5.74, 6) is 1.66. The van der Waals surface area contributed by atoms with Gasteiger partial charge in [-0.1, -0.05) is 48.5 Å². The van der Waals surface area contributed by atoms with Crippen LogP contribution in [0.3, 0.4) is 0 Å².